The monoisotopic (exact) mass is 440 g/mol. The molecule has 32 heavy (non-hydrogen) atoms. The Labute approximate surface area is 189 Å². The molecule has 3 rings (SSSR count). The standard InChI is InChI=1S/C24H32N4O4/c1-5-25-24(26-15-17-10-11-21(30-2)19(14-17)23(29)32-4)27-18-12-13-28(16-18)20-8-6-7-9-22(20)31-3/h6-11,14,18H,5,12-13,15-16H2,1-4H3,(H2,25,26,27). The van der Waals surface area contributed by atoms with Crippen molar-refractivity contribution in [3.63, 3.8) is 0 Å². The van der Waals surface area contributed by atoms with Crippen molar-refractivity contribution < 1.29 is 19.0 Å². The Morgan fingerprint density at radius 1 is 1.12 bits per heavy atom. The van der Waals surface area contributed by atoms with E-state index >= 15 is 0 Å². The fraction of sp³-hybridized carbons (Fsp3) is 0.417. The predicted molar refractivity (Wildman–Crippen MR) is 126 cm³/mol. The van der Waals surface area contributed by atoms with Crippen LogP contribution in [0.15, 0.2) is 47.5 Å². The molecule has 1 unspecified atom stereocenters. The van der Waals surface area contributed by atoms with Crippen molar-refractivity contribution in [1.82, 2.24) is 10.6 Å². The van der Waals surface area contributed by atoms with E-state index in [1.165, 1.54) is 14.2 Å². The summed E-state index contributed by atoms with van der Waals surface area (Å²) in [6.07, 6.45) is 0.998. The van der Waals surface area contributed by atoms with Crippen LogP contribution in [-0.2, 0) is 11.3 Å². The van der Waals surface area contributed by atoms with Crippen LogP contribution in [0.25, 0.3) is 0 Å². The lowest BCUT2D eigenvalue weighted by Crippen LogP contribution is -2.44. The van der Waals surface area contributed by atoms with E-state index in [9.17, 15) is 4.79 Å². The van der Waals surface area contributed by atoms with E-state index in [-0.39, 0.29) is 6.04 Å². The number of methoxy groups -OCH3 is 3. The van der Waals surface area contributed by atoms with Gasteiger partial charge in [-0.15, -0.1) is 0 Å². The summed E-state index contributed by atoms with van der Waals surface area (Å²) in [6.45, 7) is 5.02. The van der Waals surface area contributed by atoms with Gasteiger partial charge in [0.05, 0.1) is 33.6 Å². The lowest BCUT2D eigenvalue weighted by molar-refractivity contribution is 0.0597. The molecule has 1 fully saturated rings. The number of carbonyl (C=O) groups is 1. The molecule has 8 nitrogen and oxygen atoms in total. The number of carbonyl (C=O) groups excluding carboxylic acids is 1. The summed E-state index contributed by atoms with van der Waals surface area (Å²) < 4.78 is 15.6. The summed E-state index contributed by atoms with van der Waals surface area (Å²) >= 11 is 0. The molecule has 0 aliphatic carbocycles. The van der Waals surface area contributed by atoms with Gasteiger partial charge >= 0.3 is 5.97 Å². The number of rotatable bonds is 8. The number of para-hydroxylation sites is 2. The van der Waals surface area contributed by atoms with Crippen LogP contribution in [0.3, 0.4) is 0 Å². The lowest BCUT2D eigenvalue weighted by atomic mass is 10.1. The fourth-order valence-electron chi connectivity index (χ4n) is 3.79. The van der Waals surface area contributed by atoms with Gasteiger partial charge in [-0.05, 0) is 43.2 Å². The van der Waals surface area contributed by atoms with Crippen LogP contribution in [-0.4, -0.2) is 58.9 Å². The fourth-order valence-corrected chi connectivity index (χ4v) is 3.79. The molecular weight excluding hydrogens is 408 g/mol. The Hall–Kier alpha value is -3.42. The van der Waals surface area contributed by atoms with E-state index < -0.39 is 5.97 Å². The summed E-state index contributed by atoms with van der Waals surface area (Å²) in [5.74, 6) is 1.68. The highest BCUT2D eigenvalue weighted by Crippen LogP contribution is 2.30. The van der Waals surface area contributed by atoms with Gasteiger partial charge in [0.15, 0.2) is 5.96 Å². The van der Waals surface area contributed by atoms with Gasteiger partial charge in [0.2, 0.25) is 0 Å². The zero-order valence-corrected chi connectivity index (χ0v) is 19.2. The van der Waals surface area contributed by atoms with Crippen LogP contribution in [0.4, 0.5) is 5.69 Å². The number of hydrogen-bond donors (Lipinski definition) is 2. The minimum atomic E-state index is -0.430. The lowest BCUT2D eigenvalue weighted by Gasteiger charge is -2.22. The molecule has 1 heterocycles. The van der Waals surface area contributed by atoms with Crippen LogP contribution in [0.2, 0.25) is 0 Å². The number of esters is 1. The molecule has 0 aromatic heterocycles. The second kappa shape index (κ2) is 11.3. The van der Waals surface area contributed by atoms with E-state index in [4.69, 9.17) is 19.2 Å². The smallest absolute Gasteiger partial charge is 0.341 e. The highest BCUT2D eigenvalue weighted by molar-refractivity contribution is 5.92. The number of nitrogens with zero attached hydrogens (tertiary/aromatic N) is 2. The molecular formula is C24H32N4O4. The van der Waals surface area contributed by atoms with Crippen LogP contribution >= 0.6 is 0 Å². The van der Waals surface area contributed by atoms with Crippen molar-refractivity contribution in [2.75, 3.05) is 45.9 Å². The van der Waals surface area contributed by atoms with Crippen LogP contribution in [0.1, 0.15) is 29.3 Å². The van der Waals surface area contributed by atoms with E-state index in [1.807, 2.05) is 31.2 Å². The summed E-state index contributed by atoms with van der Waals surface area (Å²) in [7, 11) is 4.59. The molecule has 0 bridgehead atoms. The largest absolute Gasteiger partial charge is 0.496 e. The third kappa shape index (κ3) is 5.63. The molecule has 2 aromatic carbocycles. The number of nitrogens with one attached hydrogen (secondary N) is 2. The van der Waals surface area contributed by atoms with Crippen molar-refractivity contribution >= 4 is 17.6 Å². The maximum atomic E-state index is 12.0. The molecule has 2 aromatic rings. The van der Waals surface area contributed by atoms with Gasteiger partial charge in [0.1, 0.15) is 17.1 Å². The molecule has 1 saturated heterocycles. The van der Waals surface area contributed by atoms with Crippen LogP contribution < -0.4 is 25.0 Å². The van der Waals surface area contributed by atoms with Crippen molar-refractivity contribution in [3.8, 4) is 11.5 Å². The van der Waals surface area contributed by atoms with Gasteiger partial charge < -0.3 is 29.7 Å². The second-order valence-electron chi connectivity index (χ2n) is 7.47. The van der Waals surface area contributed by atoms with E-state index in [1.54, 1.807) is 19.2 Å². The molecule has 1 aliphatic heterocycles. The highest BCUT2D eigenvalue weighted by atomic mass is 16.5. The Bertz CT molecular complexity index is 947. The number of ether oxygens (including phenoxy) is 3. The summed E-state index contributed by atoms with van der Waals surface area (Å²) in [6, 6.07) is 13.8. The van der Waals surface area contributed by atoms with Gasteiger partial charge in [0, 0.05) is 25.7 Å². The van der Waals surface area contributed by atoms with E-state index in [0.29, 0.717) is 17.9 Å². The maximum Gasteiger partial charge on any atom is 0.341 e. The molecule has 2 N–H and O–H groups in total. The maximum absolute atomic E-state index is 12.0. The van der Waals surface area contributed by atoms with Crippen LogP contribution in [0.5, 0.6) is 11.5 Å². The molecule has 0 radical (unpaired) electrons. The molecule has 8 heteroatoms. The Morgan fingerprint density at radius 3 is 2.62 bits per heavy atom. The first kappa shape index (κ1) is 23.2. The Balaban J connectivity index is 1.68. The summed E-state index contributed by atoms with van der Waals surface area (Å²) in [5.41, 5.74) is 2.39. The van der Waals surface area contributed by atoms with E-state index in [2.05, 4.69) is 21.6 Å². The molecule has 172 valence electrons. The van der Waals surface area contributed by atoms with Crippen LogP contribution in [0, 0.1) is 0 Å². The zero-order chi connectivity index (χ0) is 22.9. The Kier molecular flexibility index (Phi) is 8.19. The zero-order valence-electron chi connectivity index (χ0n) is 19.2. The van der Waals surface area contributed by atoms with Gasteiger partial charge in [-0.2, -0.15) is 0 Å². The second-order valence-corrected chi connectivity index (χ2v) is 7.47. The summed E-state index contributed by atoms with van der Waals surface area (Å²) in [4.78, 5) is 19.1. The van der Waals surface area contributed by atoms with Gasteiger partial charge in [-0.25, -0.2) is 9.79 Å². The summed E-state index contributed by atoms with van der Waals surface area (Å²) in [5, 5.41) is 6.84. The number of guanidine groups is 1. The number of aliphatic imine (C=N–C) groups is 1. The normalized spacial score (nSPS) is 15.9. The molecule has 0 amide bonds. The first-order valence-electron chi connectivity index (χ1n) is 10.8. The average molecular weight is 441 g/mol. The first-order valence-corrected chi connectivity index (χ1v) is 10.8. The van der Waals surface area contributed by atoms with Crippen molar-refractivity contribution in [3.05, 3.63) is 53.6 Å². The Morgan fingerprint density at radius 2 is 1.91 bits per heavy atom. The van der Waals surface area contributed by atoms with Crippen molar-refractivity contribution in [2.24, 2.45) is 4.99 Å². The van der Waals surface area contributed by atoms with Gasteiger partial charge in [0.25, 0.3) is 0 Å². The third-order valence-corrected chi connectivity index (χ3v) is 5.39. The molecule has 0 spiro atoms. The topological polar surface area (TPSA) is 84.4 Å². The van der Waals surface area contributed by atoms with E-state index in [0.717, 1.165) is 49.0 Å². The number of anilines is 1. The first-order chi connectivity index (χ1) is 15.6. The number of hydrogen-bond acceptors (Lipinski definition) is 6. The SMILES string of the molecule is CCNC(=NCc1ccc(OC)c(C(=O)OC)c1)NC1CCN(c2ccccc2OC)C1. The third-order valence-electron chi connectivity index (χ3n) is 5.39. The van der Waals surface area contributed by atoms with Crippen molar-refractivity contribution in [2.45, 2.75) is 25.9 Å². The molecule has 1 atom stereocenters. The van der Waals surface area contributed by atoms with Gasteiger partial charge in [-0.3, -0.25) is 0 Å². The van der Waals surface area contributed by atoms with Gasteiger partial charge in [-0.1, -0.05) is 18.2 Å². The quantitative estimate of drug-likeness (QED) is 0.371. The highest BCUT2D eigenvalue weighted by Gasteiger charge is 2.25. The minimum absolute atomic E-state index is 0.263. The molecule has 0 saturated carbocycles. The minimum Gasteiger partial charge on any atom is -0.496 e. The predicted octanol–water partition coefficient (Wildman–Crippen LogP) is 2.82. The average Bonchev–Trinajstić information content (AvgIpc) is 3.30. The molecule has 1 aliphatic rings. The number of benzene rings is 2. The van der Waals surface area contributed by atoms with Crippen molar-refractivity contribution in [1.29, 1.82) is 0 Å².